The van der Waals surface area contributed by atoms with Crippen molar-refractivity contribution in [1.29, 1.82) is 0 Å². The van der Waals surface area contributed by atoms with Crippen molar-refractivity contribution >= 4 is 0 Å². The van der Waals surface area contributed by atoms with E-state index in [-0.39, 0.29) is 5.54 Å². The monoisotopic (exact) mass is 227 g/mol. The molecule has 1 heterocycles. The van der Waals surface area contributed by atoms with E-state index in [0.717, 1.165) is 19.5 Å². The summed E-state index contributed by atoms with van der Waals surface area (Å²) < 4.78 is 0. The molecule has 0 amide bonds. The number of likely N-dealkylation sites (N-methyl/N-ethyl adjacent to an activating group) is 1. The Morgan fingerprint density at radius 1 is 1.31 bits per heavy atom. The van der Waals surface area contributed by atoms with Crippen LogP contribution >= 0.6 is 0 Å². The van der Waals surface area contributed by atoms with Crippen molar-refractivity contribution in [3.63, 3.8) is 0 Å². The number of nitrogens with two attached hydrogens (primary N) is 1. The Hall–Kier alpha value is -0.120. The van der Waals surface area contributed by atoms with E-state index in [4.69, 9.17) is 5.73 Å². The minimum atomic E-state index is 0.186. The Labute approximate surface area is 101 Å². The van der Waals surface area contributed by atoms with Crippen LogP contribution in [0, 0.1) is 0 Å². The first kappa shape index (κ1) is 13.9. The van der Waals surface area contributed by atoms with Crippen molar-refractivity contribution in [1.82, 2.24) is 9.80 Å². The standard InChI is InChI=1S/C13H29N3/c1-4-13(2,12-14)15(3)8-7-11-16-9-5-6-10-16/h4-12,14H2,1-3H3. The van der Waals surface area contributed by atoms with Gasteiger partial charge in [0.1, 0.15) is 0 Å². The molecule has 1 atom stereocenters. The second-order valence-electron chi connectivity index (χ2n) is 5.38. The highest BCUT2D eigenvalue weighted by Crippen LogP contribution is 2.16. The lowest BCUT2D eigenvalue weighted by molar-refractivity contribution is 0.132. The molecule has 1 unspecified atom stereocenters. The molecule has 0 aromatic rings. The molecular formula is C13H29N3. The Morgan fingerprint density at radius 2 is 1.94 bits per heavy atom. The van der Waals surface area contributed by atoms with Crippen LogP contribution < -0.4 is 5.73 Å². The first-order valence-electron chi connectivity index (χ1n) is 6.76. The first-order valence-corrected chi connectivity index (χ1v) is 6.76. The molecule has 1 aliphatic heterocycles. The van der Waals surface area contributed by atoms with Crippen LogP contribution in [0.4, 0.5) is 0 Å². The first-order chi connectivity index (χ1) is 7.62. The van der Waals surface area contributed by atoms with Gasteiger partial charge in [-0.05, 0) is 65.8 Å². The molecule has 16 heavy (non-hydrogen) atoms. The lowest BCUT2D eigenvalue weighted by Gasteiger charge is -2.37. The summed E-state index contributed by atoms with van der Waals surface area (Å²) in [6.45, 7) is 10.3. The van der Waals surface area contributed by atoms with E-state index in [1.807, 2.05) is 0 Å². The quantitative estimate of drug-likeness (QED) is 0.716. The van der Waals surface area contributed by atoms with Gasteiger partial charge in [0.05, 0.1) is 0 Å². The van der Waals surface area contributed by atoms with E-state index in [1.165, 1.54) is 38.9 Å². The lowest BCUT2D eigenvalue weighted by Crippen LogP contribution is -2.49. The van der Waals surface area contributed by atoms with Gasteiger partial charge in [0, 0.05) is 12.1 Å². The van der Waals surface area contributed by atoms with E-state index in [0.29, 0.717) is 0 Å². The molecule has 0 aliphatic carbocycles. The van der Waals surface area contributed by atoms with Crippen LogP contribution in [0.1, 0.15) is 39.5 Å². The fraction of sp³-hybridized carbons (Fsp3) is 1.00. The maximum absolute atomic E-state index is 5.86. The molecule has 0 aromatic heterocycles. The zero-order valence-electron chi connectivity index (χ0n) is 11.3. The van der Waals surface area contributed by atoms with Gasteiger partial charge in [-0.1, -0.05) is 6.92 Å². The van der Waals surface area contributed by atoms with Crippen LogP contribution in [0.2, 0.25) is 0 Å². The molecule has 1 rings (SSSR count). The number of hydrogen-bond acceptors (Lipinski definition) is 3. The van der Waals surface area contributed by atoms with Crippen molar-refractivity contribution in [3.05, 3.63) is 0 Å². The molecule has 0 radical (unpaired) electrons. The number of hydrogen-bond donors (Lipinski definition) is 1. The number of likely N-dealkylation sites (tertiary alicyclic amines) is 1. The van der Waals surface area contributed by atoms with Gasteiger partial charge in [0.2, 0.25) is 0 Å². The molecule has 0 bridgehead atoms. The third-order valence-electron chi connectivity index (χ3n) is 4.29. The molecule has 0 saturated carbocycles. The Morgan fingerprint density at radius 3 is 2.44 bits per heavy atom. The summed E-state index contributed by atoms with van der Waals surface area (Å²) >= 11 is 0. The van der Waals surface area contributed by atoms with E-state index < -0.39 is 0 Å². The highest BCUT2D eigenvalue weighted by Gasteiger charge is 2.25. The summed E-state index contributed by atoms with van der Waals surface area (Å²) in [6, 6.07) is 0. The molecule has 1 aliphatic rings. The molecular weight excluding hydrogens is 198 g/mol. The van der Waals surface area contributed by atoms with Crippen molar-refractivity contribution < 1.29 is 0 Å². The fourth-order valence-electron chi connectivity index (χ4n) is 2.38. The highest BCUT2D eigenvalue weighted by molar-refractivity contribution is 4.84. The molecule has 1 saturated heterocycles. The molecule has 3 heteroatoms. The normalized spacial score (nSPS) is 21.6. The fourth-order valence-corrected chi connectivity index (χ4v) is 2.38. The van der Waals surface area contributed by atoms with E-state index in [1.54, 1.807) is 0 Å². The summed E-state index contributed by atoms with van der Waals surface area (Å²) in [6.07, 6.45) is 5.19. The Kier molecular flexibility index (Phi) is 5.73. The second-order valence-corrected chi connectivity index (χ2v) is 5.38. The van der Waals surface area contributed by atoms with Crippen LogP contribution in [0.15, 0.2) is 0 Å². The lowest BCUT2D eigenvalue weighted by atomic mass is 9.97. The van der Waals surface area contributed by atoms with Crippen molar-refractivity contribution in [2.75, 3.05) is 39.8 Å². The van der Waals surface area contributed by atoms with Gasteiger partial charge in [0.25, 0.3) is 0 Å². The number of nitrogens with zero attached hydrogens (tertiary/aromatic N) is 2. The Bertz CT molecular complexity index is 184. The zero-order valence-corrected chi connectivity index (χ0v) is 11.3. The van der Waals surface area contributed by atoms with Crippen molar-refractivity contribution in [2.24, 2.45) is 5.73 Å². The van der Waals surface area contributed by atoms with Crippen LogP contribution in [-0.2, 0) is 0 Å². The van der Waals surface area contributed by atoms with Gasteiger partial charge in [-0.25, -0.2) is 0 Å². The van der Waals surface area contributed by atoms with Crippen molar-refractivity contribution in [3.8, 4) is 0 Å². The largest absolute Gasteiger partial charge is 0.329 e. The van der Waals surface area contributed by atoms with Gasteiger partial charge < -0.3 is 10.6 Å². The van der Waals surface area contributed by atoms with Gasteiger partial charge in [-0.2, -0.15) is 0 Å². The van der Waals surface area contributed by atoms with E-state index in [9.17, 15) is 0 Å². The smallest absolute Gasteiger partial charge is 0.0297 e. The third-order valence-corrected chi connectivity index (χ3v) is 4.29. The maximum Gasteiger partial charge on any atom is 0.0297 e. The van der Waals surface area contributed by atoms with Crippen LogP contribution in [0.5, 0.6) is 0 Å². The molecule has 3 nitrogen and oxygen atoms in total. The van der Waals surface area contributed by atoms with Gasteiger partial charge >= 0.3 is 0 Å². The molecule has 96 valence electrons. The second kappa shape index (κ2) is 6.58. The molecule has 0 aromatic carbocycles. The molecule has 0 spiro atoms. The zero-order chi connectivity index (χ0) is 12.0. The van der Waals surface area contributed by atoms with Crippen LogP contribution in [-0.4, -0.2) is 55.1 Å². The van der Waals surface area contributed by atoms with Crippen LogP contribution in [0.25, 0.3) is 0 Å². The third kappa shape index (κ3) is 3.72. The van der Waals surface area contributed by atoms with Gasteiger partial charge in [-0.3, -0.25) is 4.90 Å². The molecule has 1 fully saturated rings. The topological polar surface area (TPSA) is 32.5 Å². The van der Waals surface area contributed by atoms with Gasteiger partial charge in [0.15, 0.2) is 0 Å². The molecule has 2 N–H and O–H groups in total. The van der Waals surface area contributed by atoms with E-state index >= 15 is 0 Å². The number of rotatable bonds is 7. The van der Waals surface area contributed by atoms with Gasteiger partial charge in [-0.15, -0.1) is 0 Å². The van der Waals surface area contributed by atoms with Crippen molar-refractivity contribution in [2.45, 2.75) is 45.1 Å². The highest BCUT2D eigenvalue weighted by atomic mass is 15.2. The maximum atomic E-state index is 5.86. The summed E-state index contributed by atoms with van der Waals surface area (Å²) in [5.74, 6) is 0. The summed E-state index contributed by atoms with van der Waals surface area (Å²) in [5.41, 5.74) is 6.05. The summed E-state index contributed by atoms with van der Waals surface area (Å²) in [4.78, 5) is 5.02. The summed E-state index contributed by atoms with van der Waals surface area (Å²) in [5, 5.41) is 0. The minimum absolute atomic E-state index is 0.186. The predicted octanol–water partition coefficient (Wildman–Crippen LogP) is 1.53. The minimum Gasteiger partial charge on any atom is -0.329 e. The van der Waals surface area contributed by atoms with E-state index in [2.05, 4.69) is 30.7 Å². The SMILES string of the molecule is CCC(C)(CN)N(C)CCCN1CCCC1. The predicted molar refractivity (Wildman–Crippen MR) is 70.7 cm³/mol. The average Bonchev–Trinajstić information content (AvgIpc) is 2.80. The Balaban J connectivity index is 2.20. The summed E-state index contributed by atoms with van der Waals surface area (Å²) in [7, 11) is 2.21. The van der Waals surface area contributed by atoms with Crippen LogP contribution in [0.3, 0.4) is 0 Å². The average molecular weight is 227 g/mol.